The third kappa shape index (κ3) is 5.83. The van der Waals surface area contributed by atoms with Gasteiger partial charge in [0.2, 0.25) is 0 Å². The van der Waals surface area contributed by atoms with Crippen LogP contribution in [0.25, 0.3) is 11.3 Å². The van der Waals surface area contributed by atoms with Crippen LogP contribution >= 0.6 is 0 Å². The minimum Gasteiger partial charge on any atom is -0.492 e. The number of aromatic nitrogens is 1. The minimum absolute atomic E-state index is 0.113. The summed E-state index contributed by atoms with van der Waals surface area (Å²) in [6.45, 7) is 2.53. The molecule has 1 aromatic heterocycles. The van der Waals surface area contributed by atoms with E-state index in [1.165, 1.54) is 12.3 Å². The van der Waals surface area contributed by atoms with E-state index in [1.807, 2.05) is 6.92 Å². The maximum atomic E-state index is 14.5. The molecule has 3 rings (SSSR count). The van der Waals surface area contributed by atoms with E-state index in [-0.39, 0.29) is 11.3 Å². The Morgan fingerprint density at radius 1 is 0.879 bits per heavy atom. The molecule has 0 saturated heterocycles. The van der Waals surface area contributed by atoms with Gasteiger partial charge in [0, 0.05) is 11.1 Å². The molecule has 0 aliphatic heterocycles. The topological polar surface area (TPSA) is 22.1 Å². The van der Waals surface area contributed by atoms with Gasteiger partial charge in [0.15, 0.2) is 0 Å². The molecule has 2 nitrogen and oxygen atoms in total. The second-order valence-corrected chi connectivity index (χ2v) is 6.96. The van der Waals surface area contributed by atoms with Gasteiger partial charge in [-0.1, -0.05) is 25.2 Å². The quantitative estimate of drug-likeness (QED) is 0.231. The van der Waals surface area contributed by atoms with Crippen molar-refractivity contribution in [2.45, 2.75) is 25.9 Å². The third-order valence-corrected chi connectivity index (χ3v) is 4.50. The molecule has 0 spiro atoms. The van der Waals surface area contributed by atoms with Crippen molar-refractivity contribution in [2.75, 3.05) is 6.61 Å². The fourth-order valence-electron chi connectivity index (χ4n) is 2.86. The van der Waals surface area contributed by atoms with E-state index in [2.05, 4.69) is 16.8 Å². The summed E-state index contributed by atoms with van der Waals surface area (Å²) < 4.78 is 99.6. The van der Waals surface area contributed by atoms with Crippen molar-refractivity contribution < 1.29 is 35.5 Å². The average Bonchev–Trinajstić information content (AvgIpc) is 2.72. The summed E-state index contributed by atoms with van der Waals surface area (Å²) in [6, 6.07) is 5.76. The maximum absolute atomic E-state index is 14.5. The molecule has 2 aromatic carbocycles. The average molecular weight is 467 g/mol. The molecule has 0 aliphatic rings. The fraction of sp³-hybridized carbons (Fsp3) is 0.208. The monoisotopic (exact) mass is 467 g/mol. The number of halogens is 7. The highest BCUT2D eigenvalue weighted by molar-refractivity contribution is 5.62. The van der Waals surface area contributed by atoms with Crippen LogP contribution in [0.4, 0.5) is 30.7 Å². The summed E-state index contributed by atoms with van der Waals surface area (Å²) >= 11 is 0. The summed E-state index contributed by atoms with van der Waals surface area (Å²) in [6.07, 6.45) is -1.99. The molecular formula is C24H16F7NO. The van der Waals surface area contributed by atoms with Crippen molar-refractivity contribution in [2.24, 2.45) is 0 Å². The summed E-state index contributed by atoms with van der Waals surface area (Å²) in [7, 11) is 0. The lowest BCUT2D eigenvalue weighted by molar-refractivity contribution is -0.142. The summed E-state index contributed by atoms with van der Waals surface area (Å²) in [4.78, 5) is 4.11. The van der Waals surface area contributed by atoms with Crippen molar-refractivity contribution in [1.82, 2.24) is 4.98 Å². The van der Waals surface area contributed by atoms with Crippen LogP contribution in [0.1, 0.15) is 36.5 Å². The Labute approximate surface area is 185 Å². The Hall–Kier alpha value is -3.54. The van der Waals surface area contributed by atoms with Gasteiger partial charge in [-0.05, 0) is 42.8 Å². The first-order valence-electron chi connectivity index (χ1n) is 9.76. The predicted octanol–water partition coefficient (Wildman–Crippen LogP) is 6.90. The van der Waals surface area contributed by atoms with Gasteiger partial charge in [-0.15, -0.1) is 0 Å². The molecule has 0 atom stereocenters. The van der Waals surface area contributed by atoms with Crippen molar-refractivity contribution in [1.29, 1.82) is 0 Å². The van der Waals surface area contributed by atoms with Crippen LogP contribution in [-0.4, -0.2) is 11.6 Å². The highest BCUT2D eigenvalue weighted by Gasteiger charge is 2.37. The van der Waals surface area contributed by atoms with Gasteiger partial charge in [-0.2, -0.15) is 13.2 Å². The number of hydrogen-bond donors (Lipinski definition) is 0. The third-order valence-electron chi connectivity index (χ3n) is 4.50. The van der Waals surface area contributed by atoms with Gasteiger partial charge in [0.05, 0.1) is 24.1 Å². The van der Waals surface area contributed by atoms with E-state index in [0.29, 0.717) is 24.5 Å². The first-order valence-corrected chi connectivity index (χ1v) is 9.76. The van der Waals surface area contributed by atoms with Crippen LogP contribution < -0.4 is 4.74 Å². The first kappa shape index (κ1) is 24.1. The van der Waals surface area contributed by atoms with E-state index >= 15 is 0 Å². The number of rotatable bonds is 5. The molecular weight excluding hydrogens is 451 g/mol. The molecule has 0 unspecified atom stereocenters. The molecule has 172 valence electrons. The van der Waals surface area contributed by atoms with Crippen molar-refractivity contribution >= 4 is 0 Å². The number of pyridine rings is 1. The SMILES string of the molecule is CCCCOc1ccc(-c2cc(F)c(C#Cc3cc(F)c(C(F)(F)F)c(F)c3)c(F)c2)nc1. The number of unbranched alkanes of at least 4 members (excludes halogenated alkanes) is 1. The predicted molar refractivity (Wildman–Crippen MR) is 107 cm³/mol. The zero-order valence-corrected chi connectivity index (χ0v) is 17.2. The lowest BCUT2D eigenvalue weighted by Gasteiger charge is -2.09. The second-order valence-electron chi connectivity index (χ2n) is 6.96. The Balaban J connectivity index is 1.86. The van der Waals surface area contributed by atoms with E-state index in [1.54, 1.807) is 6.07 Å². The Kier molecular flexibility index (Phi) is 7.26. The van der Waals surface area contributed by atoms with Crippen LogP contribution in [0.5, 0.6) is 5.75 Å². The molecule has 0 aliphatic carbocycles. The number of alkyl halides is 3. The fourth-order valence-corrected chi connectivity index (χ4v) is 2.86. The zero-order chi connectivity index (χ0) is 24.2. The summed E-state index contributed by atoms with van der Waals surface area (Å²) in [5.41, 5.74) is -2.91. The lowest BCUT2D eigenvalue weighted by atomic mass is 10.1. The number of ether oxygens (including phenoxy) is 1. The highest BCUT2D eigenvalue weighted by Crippen LogP contribution is 2.34. The molecule has 33 heavy (non-hydrogen) atoms. The van der Waals surface area contributed by atoms with Gasteiger partial charge < -0.3 is 4.74 Å². The Bertz CT molecular complexity index is 1160. The Morgan fingerprint density at radius 3 is 2.03 bits per heavy atom. The molecule has 0 saturated carbocycles. The molecule has 0 bridgehead atoms. The highest BCUT2D eigenvalue weighted by atomic mass is 19.4. The molecule has 0 radical (unpaired) electrons. The van der Waals surface area contributed by atoms with Gasteiger partial charge in [0.1, 0.15) is 34.6 Å². The van der Waals surface area contributed by atoms with Gasteiger partial charge in [-0.3, -0.25) is 4.98 Å². The minimum atomic E-state index is -5.23. The molecule has 3 aromatic rings. The number of benzene rings is 2. The van der Waals surface area contributed by atoms with Gasteiger partial charge >= 0.3 is 6.18 Å². The van der Waals surface area contributed by atoms with Crippen LogP contribution in [0.2, 0.25) is 0 Å². The van der Waals surface area contributed by atoms with Crippen LogP contribution in [-0.2, 0) is 6.18 Å². The van der Waals surface area contributed by atoms with Crippen molar-refractivity contribution in [3.8, 4) is 28.8 Å². The van der Waals surface area contributed by atoms with Crippen LogP contribution in [0.15, 0.2) is 42.6 Å². The Morgan fingerprint density at radius 2 is 1.52 bits per heavy atom. The molecule has 0 fully saturated rings. The van der Waals surface area contributed by atoms with Gasteiger partial charge in [0.25, 0.3) is 0 Å². The van der Waals surface area contributed by atoms with Crippen LogP contribution in [0, 0.1) is 35.1 Å². The smallest absolute Gasteiger partial charge is 0.422 e. The zero-order valence-electron chi connectivity index (χ0n) is 17.2. The van der Waals surface area contributed by atoms with E-state index < -0.39 is 46.1 Å². The second kappa shape index (κ2) is 9.94. The van der Waals surface area contributed by atoms with E-state index in [0.717, 1.165) is 25.0 Å². The van der Waals surface area contributed by atoms with Crippen LogP contribution in [0.3, 0.4) is 0 Å². The maximum Gasteiger partial charge on any atom is 0.422 e. The van der Waals surface area contributed by atoms with E-state index in [9.17, 15) is 30.7 Å². The number of hydrogen-bond acceptors (Lipinski definition) is 2. The first-order chi connectivity index (χ1) is 15.6. The van der Waals surface area contributed by atoms with Crippen molar-refractivity contribution in [3.63, 3.8) is 0 Å². The largest absolute Gasteiger partial charge is 0.492 e. The molecule has 0 N–H and O–H groups in total. The molecule has 0 amide bonds. The molecule has 1 heterocycles. The molecule has 9 heteroatoms. The lowest BCUT2D eigenvalue weighted by Crippen LogP contribution is -2.11. The van der Waals surface area contributed by atoms with Crippen molar-refractivity contribution in [3.05, 3.63) is 82.6 Å². The summed E-state index contributed by atoms with van der Waals surface area (Å²) in [5.74, 6) is -1.24. The summed E-state index contributed by atoms with van der Waals surface area (Å²) in [5, 5.41) is 0. The standard InChI is InChI=1S/C24H16F7NO/c1-2-3-8-33-16-5-7-22(32-13-16)15-11-18(25)17(19(26)12-15)6-4-14-9-20(27)23(21(28)10-14)24(29,30)31/h5,7,9-13H,2-3,8H2,1H3. The number of nitrogens with zero attached hydrogens (tertiary/aromatic N) is 1. The van der Waals surface area contributed by atoms with Gasteiger partial charge in [-0.25, -0.2) is 17.6 Å². The normalized spacial score (nSPS) is 11.2. The van der Waals surface area contributed by atoms with E-state index in [4.69, 9.17) is 4.74 Å².